The van der Waals surface area contributed by atoms with Crippen LogP contribution >= 0.6 is 0 Å². The molecule has 1 aromatic rings. The summed E-state index contributed by atoms with van der Waals surface area (Å²) in [6.45, 7) is 5.26. The summed E-state index contributed by atoms with van der Waals surface area (Å²) in [7, 11) is 0. The molecule has 0 aromatic heterocycles. The molecule has 0 heterocycles. The van der Waals surface area contributed by atoms with Gasteiger partial charge >= 0.3 is 12.0 Å². The van der Waals surface area contributed by atoms with Gasteiger partial charge in [0.15, 0.2) is 0 Å². The minimum atomic E-state index is -1.24. The number of carbonyl (C=O) groups is 2. The van der Waals surface area contributed by atoms with Gasteiger partial charge in [0.1, 0.15) is 11.3 Å². The number of benzene rings is 1. The van der Waals surface area contributed by atoms with E-state index in [2.05, 4.69) is 5.32 Å². The van der Waals surface area contributed by atoms with Gasteiger partial charge in [-0.25, -0.2) is 9.59 Å². The molecule has 0 aliphatic heterocycles. The predicted molar refractivity (Wildman–Crippen MR) is 76.2 cm³/mol. The van der Waals surface area contributed by atoms with Crippen LogP contribution in [0.2, 0.25) is 0 Å². The summed E-state index contributed by atoms with van der Waals surface area (Å²) >= 11 is 0. The molecular weight excluding hydrogens is 260 g/mol. The highest BCUT2D eigenvalue weighted by atomic mass is 16.4. The second-order valence-corrected chi connectivity index (χ2v) is 4.45. The number of phenols is 1. The summed E-state index contributed by atoms with van der Waals surface area (Å²) in [5.41, 5.74) is 0.114. The average molecular weight is 280 g/mol. The van der Waals surface area contributed by atoms with E-state index in [1.807, 2.05) is 13.8 Å². The standard InChI is InChI=1S/C14H20N2O4/c1-3-7-16(8-4-2)14(20)15-10-5-6-12(17)11(9-10)13(18)19/h5-6,9,17H,3-4,7-8H2,1-2H3,(H,15,20)(H,18,19). The van der Waals surface area contributed by atoms with Gasteiger partial charge in [-0.05, 0) is 31.0 Å². The molecule has 0 atom stereocenters. The SMILES string of the molecule is CCCN(CCC)C(=O)Nc1ccc(O)c(C(=O)O)c1. The quantitative estimate of drug-likeness (QED) is 0.699. The molecule has 110 valence electrons. The van der Waals surface area contributed by atoms with E-state index in [1.54, 1.807) is 4.90 Å². The predicted octanol–water partition coefficient (Wildman–Crippen LogP) is 2.74. The summed E-state index contributed by atoms with van der Waals surface area (Å²) in [6, 6.07) is 3.69. The minimum Gasteiger partial charge on any atom is -0.507 e. The maximum atomic E-state index is 12.1. The zero-order valence-electron chi connectivity index (χ0n) is 11.7. The fourth-order valence-corrected chi connectivity index (χ4v) is 1.84. The number of rotatable bonds is 6. The Morgan fingerprint density at radius 3 is 2.30 bits per heavy atom. The Bertz CT molecular complexity index is 482. The molecule has 0 aliphatic rings. The van der Waals surface area contributed by atoms with E-state index in [9.17, 15) is 14.7 Å². The first-order valence-electron chi connectivity index (χ1n) is 6.61. The first-order chi connectivity index (χ1) is 9.49. The van der Waals surface area contributed by atoms with Gasteiger partial charge in [0.2, 0.25) is 0 Å². The molecular formula is C14H20N2O4. The molecule has 20 heavy (non-hydrogen) atoms. The van der Waals surface area contributed by atoms with E-state index < -0.39 is 5.97 Å². The van der Waals surface area contributed by atoms with E-state index >= 15 is 0 Å². The maximum Gasteiger partial charge on any atom is 0.339 e. The van der Waals surface area contributed by atoms with Crippen molar-refractivity contribution in [2.45, 2.75) is 26.7 Å². The molecule has 1 rings (SSSR count). The molecule has 0 radical (unpaired) electrons. The monoisotopic (exact) mass is 280 g/mol. The number of carboxylic acid groups (broad SMARTS) is 1. The summed E-state index contributed by atoms with van der Waals surface area (Å²) in [5.74, 6) is -1.56. The third-order valence-corrected chi connectivity index (χ3v) is 2.75. The fourth-order valence-electron chi connectivity index (χ4n) is 1.84. The van der Waals surface area contributed by atoms with Crippen LogP contribution in [0.3, 0.4) is 0 Å². The van der Waals surface area contributed by atoms with Crippen molar-refractivity contribution in [3.8, 4) is 5.75 Å². The van der Waals surface area contributed by atoms with Crippen molar-refractivity contribution in [1.29, 1.82) is 0 Å². The number of aromatic carboxylic acids is 1. The number of aromatic hydroxyl groups is 1. The molecule has 0 saturated heterocycles. The van der Waals surface area contributed by atoms with E-state index in [0.717, 1.165) is 12.8 Å². The van der Waals surface area contributed by atoms with E-state index in [0.29, 0.717) is 18.8 Å². The largest absolute Gasteiger partial charge is 0.507 e. The average Bonchev–Trinajstić information content (AvgIpc) is 2.40. The van der Waals surface area contributed by atoms with Gasteiger partial charge in [0, 0.05) is 18.8 Å². The topological polar surface area (TPSA) is 89.9 Å². The lowest BCUT2D eigenvalue weighted by Crippen LogP contribution is -2.36. The number of hydrogen-bond donors (Lipinski definition) is 3. The highest BCUT2D eigenvalue weighted by Crippen LogP contribution is 2.21. The van der Waals surface area contributed by atoms with Crippen LogP contribution in [0.5, 0.6) is 5.75 Å². The van der Waals surface area contributed by atoms with Gasteiger partial charge in [-0.15, -0.1) is 0 Å². The minimum absolute atomic E-state index is 0.236. The van der Waals surface area contributed by atoms with E-state index in [4.69, 9.17) is 5.11 Å². The molecule has 0 saturated carbocycles. The van der Waals surface area contributed by atoms with Crippen molar-refractivity contribution in [3.63, 3.8) is 0 Å². The normalized spacial score (nSPS) is 10.1. The van der Waals surface area contributed by atoms with Gasteiger partial charge in [0.25, 0.3) is 0 Å². The molecule has 1 aromatic carbocycles. The van der Waals surface area contributed by atoms with Crippen molar-refractivity contribution in [2.24, 2.45) is 0 Å². The number of nitrogens with zero attached hydrogens (tertiary/aromatic N) is 1. The Kier molecular flexibility index (Phi) is 5.83. The van der Waals surface area contributed by atoms with Crippen LogP contribution in [0.1, 0.15) is 37.0 Å². The van der Waals surface area contributed by atoms with Gasteiger partial charge in [-0.3, -0.25) is 0 Å². The number of amides is 2. The smallest absolute Gasteiger partial charge is 0.339 e. The number of hydrogen-bond acceptors (Lipinski definition) is 3. The summed E-state index contributed by atoms with van der Waals surface area (Å²) in [5, 5.41) is 21.0. The molecule has 0 aliphatic carbocycles. The summed E-state index contributed by atoms with van der Waals surface area (Å²) in [6.07, 6.45) is 1.70. The second-order valence-electron chi connectivity index (χ2n) is 4.45. The molecule has 6 nitrogen and oxygen atoms in total. The van der Waals surface area contributed by atoms with Crippen LogP contribution in [-0.4, -0.2) is 40.2 Å². The van der Waals surface area contributed by atoms with E-state index in [-0.39, 0.29) is 17.3 Å². The Hall–Kier alpha value is -2.24. The van der Waals surface area contributed by atoms with Gasteiger partial charge < -0.3 is 20.4 Å². The Morgan fingerprint density at radius 1 is 1.20 bits per heavy atom. The molecule has 0 fully saturated rings. The lowest BCUT2D eigenvalue weighted by Gasteiger charge is -2.22. The van der Waals surface area contributed by atoms with Crippen molar-refractivity contribution < 1.29 is 19.8 Å². The molecule has 0 unspecified atom stereocenters. The number of carboxylic acids is 1. The Labute approximate surface area is 118 Å². The Morgan fingerprint density at radius 2 is 1.80 bits per heavy atom. The molecule has 6 heteroatoms. The lowest BCUT2D eigenvalue weighted by atomic mass is 10.2. The van der Waals surface area contributed by atoms with Gasteiger partial charge in [-0.2, -0.15) is 0 Å². The number of urea groups is 1. The summed E-state index contributed by atoms with van der Waals surface area (Å²) in [4.78, 5) is 24.7. The molecule has 0 spiro atoms. The van der Waals surface area contributed by atoms with Crippen LogP contribution in [-0.2, 0) is 0 Å². The highest BCUT2D eigenvalue weighted by Gasteiger charge is 2.14. The molecule has 3 N–H and O–H groups in total. The third-order valence-electron chi connectivity index (χ3n) is 2.75. The van der Waals surface area contributed by atoms with Crippen molar-refractivity contribution >= 4 is 17.7 Å². The van der Waals surface area contributed by atoms with Crippen LogP contribution < -0.4 is 5.32 Å². The maximum absolute atomic E-state index is 12.1. The third kappa shape index (κ3) is 4.15. The van der Waals surface area contributed by atoms with Gasteiger partial charge in [-0.1, -0.05) is 13.8 Å². The van der Waals surface area contributed by atoms with E-state index in [1.165, 1.54) is 18.2 Å². The van der Waals surface area contributed by atoms with Crippen LogP contribution in [0.15, 0.2) is 18.2 Å². The van der Waals surface area contributed by atoms with Gasteiger partial charge in [0.05, 0.1) is 0 Å². The zero-order valence-corrected chi connectivity index (χ0v) is 11.7. The van der Waals surface area contributed by atoms with Crippen molar-refractivity contribution in [3.05, 3.63) is 23.8 Å². The van der Waals surface area contributed by atoms with Crippen molar-refractivity contribution in [1.82, 2.24) is 4.90 Å². The number of anilines is 1. The van der Waals surface area contributed by atoms with Crippen LogP contribution in [0.4, 0.5) is 10.5 Å². The second kappa shape index (κ2) is 7.37. The molecule has 2 amide bonds. The first kappa shape index (κ1) is 15.8. The molecule has 0 bridgehead atoms. The van der Waals surface area contributed by atoms with Crippen LogP contribution in [0.25, 0.3) is 0 Å². The highest BCUT2D eigenvalue weighted by molar-refractivity contribution is 5.95. The lowest BCUT2D eigenvalue weighted by molar-refractivity contribution is 0.0693. The first-order valence-corrected chi connectivity index (χ1v) is 6.61. The fraction of sp³-hybridized carbons (Fsp3) is 0.429. The number of nitrogens with one attached hydrogen (secondary N) is 1. The van der Waals surface area contributed by atoms with Crippen LogP contribution in [0, 0.1) is 0 Å². The number of carbonyl (C=O) groups excluding carboxylic acids is 1. The summed E-state index contributed by atoms with van der Waals surface area (Å²) < 4.78 is 0. The zero-order chi connectivity index (χ0) is 15.1. The Balaban J connectivity index is 2.84. The van der Waals surface area contributed by atoms with Crippen molar-refractivity contribution in [2.75, 3.05) is 18.4 Å².